The number of rotatable bonds is 5. The van der Waals surface area contributed by atoms with Gasteiger partial charge in [0.2, 0.25) is 0 Å². The maximum absolute atomic E-state index is 11.2. The minimum absolute atomic E-state index is 0.611. The number of anilines is 1. The molecule has 0 aliphatic heterocycles. The first-order valence-corrected chi connectivity index (χ1v) is 8.84. The van der Waals surface area contributed by atoms with Gasteiger partial charge in [-0.15, -0.1) is 11.3 Å². The third-order valence-electron chi connectivity index (χ3n) is 2.39. The Balaban J connectivity index is 1.98. The van der Waals surface area contributed by atoms with E-state index in [9.17, 15) is 4.21 Å². The highest BCUT2D eigenvalue weighted by Crippen LogP contribution is 2.23. The molecule has 0 spiro atoms. The molecule has 1 aromatic heterocycles. The largest absolute Gasteiger partial charge is 0.380 e. The molecule has 5 heteroatoms. The summed E-state index contributed by atoms with van der Waals surface area (Å²) < 4.78 is 12.3. The lowest BCUT2D eigenvalue weighted by molar-refractivity contribution is 0.686. The number of halogens is 1. The van der Waals surface area contributed by atoms with E-state index in [0.717, 1.165) is 21.6 Å². The van der Waals surface area contributed by atoms with Gasteiger partial charge in [-0.3, -0.25) is 4.21 Å². The van der Waals surface area contributed by atoms with E-state index in [2.05, 4.69) is 39.4 Å². The fraction of sp³-hybridized carbons (Fsp3) is 0.231. The third kappa shape index (κ3) is 4.23. The number of nitrogens with one attached hydrogen (secondary N) is 1. The lowest BCUT2D eigenvalue weighted by Gasteiger charge is -2.06. The molecular weight excluding hydrogens is 330 g/mol. The van der Waals surface area contributed by atoms with E-state index in [1.54, 1.807) is 17.6 Å². The Morgan fingerprint density at radius 2 is 2.17 bits per heavy atom. The molecule has 0 aliphatic carbocycles. The van der Waals surface area contributed by atoms with Crippen LogP contribution in [0.1, 0.15) is 10.4 Å². The summed E-state index contributed by atoms with van der Waals surface area (Å²) in [4.78, 5) is 1.28. The van der Waals surface area contributed by atoms with Crippen molar-refractivity contribution in [2.75, 3.05) is 11.6 Å². The Morgan fingerprint density at radius 1 is 1.33 bits per heavy atom. The number of hydrogen-bond acceptors (Lipinski definition) is 3. The van der Waals surface area contributed by atoms with Crippen LogP contribution in [0.3, 0.4) is 0 Å². The average Bonchev–Trinajstić information content (AvgIpc) is 2.72. The fourth-order valence-corrected chi connectivity index (χ4v) is 3.71. The van der Waals surface area contributed by atoms with Crippen LogP contribution in [-0.2, 0) is 23.1 Å². The molecule has 0 saturated carbocycles. The predicted molar refractivity (Wildman–Crippen MR) is 83.6 cm³/mol. The van der Waals surface area contributed by atoms with E-state index in [1.165, 1.54) is 4.88 Å². The molecule has 0 bridgehead atoms. The second kappa shape index (κ2) is 6.50. The highest BCUT2D eigenvalue weighted by Gasteiger charge is 2.00. The van der Waals surface area contributed by atoms with Gasteiger partial charge in [-0.1, -0.05) is 12.1 Å². The van der Waals surface area contributed by atoms with Crippen LogP contribution in [-0.4, -0.2) is 10.5 Å². The first-order chi connectivity index (χ1) is 8.63. The lowest BCUT2D eigenvalue weighted by Crippen LogP contribution is -1.99. The van der Waals surface area contributed by atoms with E-state index in [4.69, 9.17) is 0 Å². The summed E-state index contributed by atoms with van der Waals surface area (Å²) in [7, 11) is -0.793. The van der Waals surface area contributed by atoms with Gasteiger partial charge in [-0.2, -0.15) is 0 Å². The SMILES string of the molecule is C[S@](=O)Cc1cccc(NCc2ccc(Br)s2)c1. The molecule has 2 rings (SSSR count). The van der Waals surface area contributed by atoms with Gasteiger partial charge >= 0.3 is 0 Å². The number of hydrogen-bond donors (Lipinski definition) is 1. The van der Waals surface area contributed by atoms with E-state index < -0.39 is 10.8 Å². The molecule has 96 valence electrons. The maximum atomic E-state index is 11.2. The molecule has 1 aromatic carbocycles. The minimum atomic E-state index is -0.793. The van der Waals surface area contributed by atoms with Crippen LogP contribution >= 0.6 is 27.3 Å². The Hall–Kier alpha value is -0.650. The second-order valence-electron chi connectivity index (χ2n) is 3.98. The first kappa shape index (κ1) is 13.8. The van der Waals surface area contributed by atoms with E-state index in [0.29, 0.717) is 5.75 Å². The van der Waals surface area contributed by atoms with Crippen LogP contribution in [0, 0.1) is 0 Å². The average molecular weight is 344 g/mol. The third-order valence-corrected chi connectivity index (χ3v) is 4.76. The fourth-order valence-electron chi connectivity index (χ4n) is 1.64. The van der Waals surface area contributed by atoms with Crippen molar-refractivity contribution in [2.24, 2.45) is 0 Å². The van der Waals surface area contributed by atoms with Crippen LogP contribution in [0.25, 0.3) is 0 Å². The Bertz CT molecular complexity index is 553. The van der Waals surface area contributed by atoms with Crippen molar-refractivity contribution in [2.45, 2.75) is 12.3 Å². The van der Waals surface area contributed by atoms with Crippen LogP contribution < -0.4 is 5.32 Å². The zero-order valence-corrected chi connectivity index (χ0v) is 13.2. The number of thiophene rings is 1. The molecular formula is C13H14BrNOS2. The van der Waals surface area contributed by atoms with Gasteiger partial charge in [0.15, 0.2) is 0 Å². The van der Waals surface area contributed by atoms with Gasteiger partial charge in [0.1, 0.15) is 0 Å². The van der Waals surface area contributed by atoms with Crippen molar-refractivity contribution >= 4 is 43.8 Å². The first-order valence-electron chi connectivity index (χ1n) is 5.50. The predicted octanol–water partition coefficient (Wildman–Crippen LogP) is 4.00. The summed E-state index contributed by atoms with van der Waals surface area (Å²) in [5.41, 5.74) is 2.18. The van der Waals surface area contributed by atoms with Crippen molar-refractivity contribution in [3.05, 3.63) is 50.6 Å². The molecule has 2 nitrogen and oxygen atoms in total. The normalized spacial score (nSPS) is 12.3. The molecule has 0 radical (unpaired) electrons. The van der Waals surface area contributed by atoms with Gasteiger partial charge in [0.05, 0.1) is 3.79 Å². The van der Waals surface area contributed by atoms with Crippen molar-refractivity contribution in [1.29, 1.82) is 0 Å². The van der Waals surface area contributed by atoms with E-state index in [1.807, 2.05) is 18.2 Å². The molecule has 0 unspecified atom stereocenters. The molecule has 1 atom stereocenters. The monoisotopic (exact) mass is 343 g/mol. The van der Waals surface area contributed by atoms with Crippen LogP contribution in [0.2, 0.25) is 0 Å². The summed E-state index contributed by atoms with van der Waals surface area (Å²) in [5.74, 6) is 0.611. The Labute approximate surface area is 122 Å². The molecule has 18 heavy (non-hydrogen) atoms. The number of benzene rings is 1. The van der Waals surface area contributed by atoms with Crippen LogP contribution in [0.5, 0.6) is 0 Å². The van der Waals surface area contributed by atoms with Gasteiger partial charge < -0.3 is 5.32 Å². The van der Waals surface area contributed by atoms with Gasteiger partial charge in [0.25, 0.3) is 0 Å². The van der Waals surface area contributed by atoms with Crippen LogP contribution in [0.4, 0.5) is 5.69 Å². The summed E-state index contributed by atoms with van der Waals surface area (Å²) in [6.45, 7) is 0.814. The van der Waals surface area contributed by atoms with Crippen molar-refractivity contribution in [3.8, 4) is 0 Å². The van der Waals surface area contributed by atoms with Crippen molar-refractivity contribution in [3.63, 3.8) is 0 Å². The summed E-state index contributed by atoms with van der Waals surface area (Å²) in [6, 6.07) is 12.3. The molecule has 0 amide bonds. The van der Waals surface area contributed by atoms with E-state index >= 15 is 0 Å². The minimum Gasteiger partial charge on any atom is -0.380 e. The zero-order chi connectivity index (χ0) is 13.0. The van der Waals surface area contributed by atoms with Crippen molar-refractivity contribution in [1.82, 2.24) is 0 Å². The Morgan fingerprint density at radius 3 is 2.83 bits per heavy atom. The molecule has 2 aromatic rings. The second-order valence-corrected chi connectivity index (χ2v) is 7.96. The lowest BCUT2D eigenvalue weighted by atomic mass is 10.2. The topological polar surface area (TPSA) is 29.1 Å². The van der Waals surface area contributed by atoms with E-state index in [-0.39, 0.29) is 0 Å². The summed E-state index contributed by atoms with van der Waals surface area (Å²) in [5, 5.41) is 3.38. The van der Waals surface area contributed by atoms with Crippen molar-refractivity contribution < 1.29 is 4.21 Å². The Kier molecular flexibility index (Phi) is 4.97. The van der Waals surface area contributed by atoms with Gasteiger partial charge in [-0.05, 0) is 45.8 Å². The van der Waals surface area contributed by atoms with Crippen LogP contribution in [0.15, 0.2) is 40.2 Å². The smallest absolute Gasteiger partial charge is 0.0702 e. The van der Waals surface area contributed by atoms with Gasteiger partial charge in [0, 0.05) is 39.9 Å². The molecule has 0 aliphatic rings. The molecule has 1 N–H and O–H groups in total. The zero-order valence-electron chi connectivity index (χ0n) is 9.98. The highest BCUT2D eigenvalue weighted by molar-refractivity contribution is 9.11. The summed E-state index contributed by atoms with van der Waals surface area (Å²) >= 11 is 5.18. The summed E-state index contributed by atoms with van der Waals surface area (Å²) in [6.07, 6.45) is 1.73. The standard InChI is InChI=1S/C13H14BrNOS2/c1-18(16)9-10-3-2-4-11(7-10)15-8-12-5-6-13(14)17-12/h2-7,15H,8-9H2,1H3/t18-/m0/s1. The quantitative estimate of drug-likeness (QED) is 0.888. The molecule has 0 saturated heterocycles. The van der Waals surface area contributed by atoms with Gasteiger partial charge in [-0.25, -0.2) is 0 Å². The maximum Gasteiger partial charge on any atom is 0.0702 e. The molecule has 1 heterocycles. The molecule has 0 fully saturated rings. The highest BCUT2D eigenvalue weighted by atomic mass is 79.9.